The van der Waals surface area contributed by atoms with Crippen molar-refractivity contribution < 1.29 is 4.74 Å². The number of hydrogen-bond donors (Lipinski definition) is 1. The number of hydrogen-bond acceptors (Lipinski definition) is 2. The van der Waals surface area contributed by atoms with Gasteiger partial charge in [-0.05, 0) is 50.9 Å². The SMILES string of the molecule is Cc1ccc(OCCCCCCNCC(C)C)cc1. The highest BCUT2D eigenvalue weighted by Crippen LogP contribution is 2.12. The molecule has 0 aliphatic carbocycles. The van der Waals surface area contributed by atoms with Crippen LogP contribution in [-0.2, 0) is 0 Å². The van der Waals surface area contributed by atoms with Crippen LogP contribution in [-0.4, -0.2) is 19.7 Å². The highest BCUT2D eigenvalue weighted by atomic mass is 16.5. The smallest absolute Gasteiger partial charge is 0.119 e. The molecule has 0 heterocycles. The molecular weight excluding hydrogens is 234 g/mol. The quantitative estimate of drug-likeness (QED) is 0.639. The standard InChI is InChI=1S/C17H29NO/c1-15(2)14-18-12-6-4-5-7-13-19-17-10-8-16(3)9-11-17/h8-11,15,18H,4-7,12-14H2,1-3H3. The van der Waals surface area contributed by atoms with E-state index in [1.807, 2.05) is 12.1 Å². The third kappa shape index (κ3) is 8.66. The number of benzene rings is 1. The predicted octanol–water partition coefficient (Wildman–Crippen LogP) is 4.18. The van der Waals surface area contributed by atoms with Crippen molar-refractivity contribution in [2.45, 2.75) is 46.5 Å². The van der Waals surface area contributed by atoms with Crippen molar-refractivity contribution in [1.82, 2.24) is 5.32 Å². The fraction of sp³-hybridized carbons (Fsp3) is 0.647. The zero-order chi connectivity index (χ0) is 13.9. The summed E-state index contributed by atoms with van der Waals surface area (Å²) in [7, 11) is 0. The summed E-state index contributed by atoms with van der Waals surface area (Å²) in [5.41, 5.74) is 1.28. The first-order valence-corrected chi connectivity index (χ1v) is 7.58. The monoisotopic (exact) mass is 263 g/mol. The van der Waals surface area contributed by atoms with Gasteiger partial charge in [0.15, 0.2) is 0 Å². The molecule has 0 aromatic heterocycles. The Morgan fingerprint density at radius 1 is 1.00 bits per heavy atom. The fourth-order valence-corrected chi connectivity index (χ4v) is 1.92. The first-order valence-electron chi connectivity index (χ1n) is 7.58. The van der Waals surface area contributed by atoms with Crippen LogP contribution in [0.15, 0.2) is 24.3 Å². The molecule has 19 heavy (non-hydrogen) atoms. The van der Waals surface area contributed by atoms with Crippen LogP contribution in [0.5, 0.6) is 5.75 Å². The van der Waals surface area contributed by atoms with Gasteiger partial charge in [0, 0.05) is 0 Å². The van der Waals surface area contributed by atoms with Gasteiger partial charge in [0.2, 0.25) is 0 Å². The maximum atomic E-state index is 5.70. The lowest BCUT2D eigenvalue weighted by Crippen LogP contribution is -2.20. The van der Waals surface area contributed by atoms with E-state index >= 15 is 0 Å². The molecule has 0 spiro atoms. The van der Waals surface area contributed by atoms with Crippen LogP contribution in [0.4, 0.5) is 0 Å². The van der Waals surface area contributed by atoms with E-state index in [2.05, 4.69) is 38.2 Å². The molecule has 0 atom stereocenters. The van der Waals surface area contributed by atoms with Crippen molar-refractivity contribution in [2.75, 3.05) is 19.7 Å². The summed E-state index contributed by atoms with van der Waals surface area (Å²) >= 11 is 0. The molecule has 1 aromatic rings. The van der Waals surface area contributed by atoms with E-state index in [1.54, 1.807) is 0 Å². The second kappa shape index (κ2) is 9.85. The van der Waals surface area contributed by atoms with E-state index in [-0.39, 0.29) is 0 Å². The van der Waals surface area contributed by atoms with Gasteiger partial charge in [0.25, 0.3) is 0 Å². The van der Waals surface area contributed by atoms with Crippen LogP contribution in [0, 0.1) is 12.8 Å². The van der Waals surface area contributed by atoms with Crippen LogP contribution in [0.1, 0.15) is 45.1 Å². The molecule has 0 bridgehead atoms. The van der Waals surface area contributed by atoms with E-state index in [0.717, 1.165) is 37.8 Å². The predicted molar refractivity (Wildman–Crippen MR) is 82.8 cm³/mol. The van der Waals surface area contributed by atoms with Crippen molar-refractivity contribution >= 4 is 0 Å². The molecule has 1 aromatic carbocycles. The lowest BCUT2D eigenvalue weighted by Gasteiger charge is -2.08. The Labute approximate surface area is 118 Å². The summed E-state index contributed by atoms with van der Waals surface area (Å²) < 4.78 is 5.70. The van der Waals surface area contributed by atoms with E-state index in [4.69, 9.17) is 4.74 Å². The Morgan fingerprint density at radius 2 is 1.68 bits per heavy atom. The van der Waals surface area contributed by atoms with Gasteiger partial charge >= 0.3 is 0 Å². The second-order valence-corrected chi connectivity index (χ2v) is 5.67. The maximum Gasteiger partial charge on any atom is 0.119 e. The molecule has 0 radical (unpaired) electrons. The molecule has 0 saturated carbocycles. The summed E-state index contributed by atoms with van der Waals surface area (Å²) in [5, 5.41) is 3.48. The summed E-state index contributed by atoms with van der Waals surface area (Å²) in [4.78, 5) is 0. The third-order valence-electron chi connectivity index (χ3n) is 3.09. The molecule has 0 fully saturated rings. The van der Waals surface area contributed by atoms with Crippen LogP contribution in [0.25, 0.3) is 0 Å². The minimum absolute atomic E-state index is 0.753. The molecule has 2 heteroatoms. The topological polar surface area (TPSA) is 21.3 Å². The van der Waals surface area contributed by atoms with Gasteiger partial charge in [0.05, 0.1) is 6.61 Å². The van der Waals surface area contributed by atoms with Gasteiger partial charge in [-0.2, -0.15) is 0 Å². The molecular formula is C17H29NO. The van der Waals surface area contributed by atoms with Crippen LogP contribution in [0.3, 0.4) is 0 Å². The Balaban J connectivity index is 1.90. The first kappa shape index (κ1) is 16.0. The lowest BCUT2D eigenvalue weighted by molar-refractivity contribution is 0.304. The highest BCUT2D eigenvalue weighted by Gasteiger charge is 1.95. The molecule has 108 valence electrons. The number of aryl methyl sites for hydroxylation is 1. The van der Waals surface area contributed by atoms with Crippen LogP contribution < -0.4 is 10.1 Å². The Hall–Kier alpha value is -1.02. The number of unbranched alkanes of at least 4 members (excludes halogenated alkanes) is 3. The van der Waals surface area contributed by atoms with Gasteiger partial charge in [-0.25, -0.2) is 0 Å². The van der Waals surface area contributed by atoms with Gasteiger partial charge in [-0.3, -0.25) is 0 Å². The molecule has 1 N–H and O–H groups in total. The van der Waals surface area contributed by atoms with Crippen LogP contribution in [0.2, 0.25) is 0 Å². The summed E-state index contributed by atoms with van der Waals surface area (Å²) in [6, 6.07) is 8.28. The minimum Gasteiger partial charge on any atom is -0.494 e. The fourth-order valence-electron chi connectivity index (χ4n) is 1.92. The molecule has 0 unspecified atom stereocenters. The van der Waals surface area contributed by atoms with Crippen molar-refractivity contribution in [3.63, 3.8) is 0 Å². The summed E-state index contributed by atoms with van der Waals surface area (Å²) in [5.74, 6) is 1.74. The lowest BCUT2D eigenvalue weighted by atomic mass is 10.2. The van der Waals surface area contributed by atoms with E-state index < -0.39 is 0 Å². The van der Waals surface area contributed by atoms with Crippen molar-refractivity contribution in [3.8, 4) is 5.75 Å². The van der Waals surface area contributed by atoms with Gasteiger partial charge in [-0.15, -0.1) is 0 Å². The number of ether oxygens (including phenoxy) is 1. The van der Waals surface area contributed by atoms with E-state index in [0.29, 0.717) is 0 Å². The molecule has 0 aliphatic heterocycles. The van der Waals surface area contributed by atoms with E-state index in [9.17, 15) is 0 Å². The average molecular weight is 263 g/mol. The normalized spacial score (nSPS) is 10.9. The van der Waals surface area contributed by atoms with Crippen molar-refractivity contribution in [3.05, 3.63) is 29.8 Å². The maximum absolute atomic E-state index is 5.70. The molecule has 0 saturated heterocycles. The molecule has 0 amide bonds. The Kier molecular flexibility index (Phi) is 8.31. The zero-order valence-electron chi connectivity index (χ0n) is 12.7. The van der Waals surface area contributed by atoms with Crippen molar-refractivity contribution in [2.24, 2.45) is 5.92 Å². The molecule has 0 aliphatic rings. The Morgan fingerprint density at radius 3 is 2.37 bits per heavy atom. The Bertz CT molecular complexity index is 319. The minimum atomic E-state index is 0.753. The van der Waals surface area contributed by atoms with Crippen LogP contribution >= 0.6 is 0 Å². The molecule has 2 nitrogen and oxygen atoms in total. The van der Waals surface area contributed by atoms with Gasteiger partial charge < -0.3 is 10.1 Å². The van der Waals surface area contributed by atoms with Gasteiger partial charge in [-0.1, -0.05) is 44.4 Å². The van der Waals surface area contributed by atoms with Gasteiger partial charge in [0.1, 0.15) is 5.75 Å². The summed E-state index contributed by atoms with van der Waals surface area (Å²) in [6.07, 6.45) is 4.98. The number of nitrogens with one attached hydrogen (secondary N) is 1. The molecule has 1 rings (SSSR count). The first-order chi connectivity index (χ1) is 9.18. The zero-order valence-corrected chi connectivity index (χ0v) is 12.7. The second-order valence-electron chi connectivity index (χ2n) is 5.67. The third-order valence-corrected chi connectivity index (χ3v) is 3.09. The largest absolute Gasteiger partial charge is 0.494 e. The highest BCUT2D eigenvalue weighted by molar-refractivity contribution is 5.26. The van der Waals surface area contributed by atoms with Crippen molar-refractivity contribution in [1.29, 1.82) is 0 Å². The van der Waals surface area contributed by atoms with E-state index in [1.165, 1.54) is 24.8 Å². The number of rotatable bonds is 10. The average Bonchev–Trinajstić information content (AvgIpc) is 2.38. The summed E-state index contributed by atoms with van der Waals surface area (Å²) in [6.45, 7) is 9.71.